The molecule has 4 rings (SSSR count). The minimum absolute atomic E-state index is 0.0955. The molecule has 136 valence electrons. The number of phenolic OH excluding ortho intramolecular Hbond substituents is 1. The lowest BCUT2D eigenvalue weighted by molar-refractivity contribution is 0.0975. The van der Waals surface area contributed by atoms with Crippen molar-refractivity contribution in [3.05, 3.63) is 83.9 Å². The van der Waals surface area contributed by atoms with E-state index in [0.717, 1.165) is 22.7 Å². The summed E-state index contributed by atoms with van der Waals surface area (Å²) in [4.78, 5) is 15.0. The van der Waals surface area contributed by atoms with E-state index in [0.29, 0.717) is 12.2 Å². The van der Waals surface area contributed by atoms with Gasteiger partial charge in [0, 0.05) is 11.4 Å². The molecule has 1 aliphatic rings. The molecule has 3 aromatic rings. The van der Waals surface area contributed by atoms with Crippen molar-refractivity contribution in [1.82, 2.24) is 0 Å². The second-order valence-electron chi connectivity index (χ2n) is 6.29. The molecule has 1 atom stereocenters. The maximum absolute atomic E-state index is 13.3. The van der Waals surface area contributed by atoms with Crippen LogP contribution in [0.2, 0.25) is 0 Å². The lowest BCUT2D eigenvalue weighted by atomic mass is 10.0. The molecule has 0 unspecified atom stereocenters. The summed E-state index contributed by atoms with van der Waals surface area (Å²) in [5.41, 5.74) is 2.94. The Hall–Kier alpha value is -3.47. The number of hydrogen-bond acceptors (Lipinski definition) is 4. The summed E-state index contributed by atoms with van der Waals surface area (Å²) in [5.74, 6) is 0.821. The van der Waals surface area contributed by atoms with E-state index in [2.05, 4.69) is 5.32 Å². The molecule has 1 heterocycles. The largest absolute Gasteiger partial charge is 0.508 e. The first kappa shape index (κ1) is 17.0. The van der Waals surface area contributed by atoms with E-state index >= 15 is 0 Å². The number of carbonyl (C=O) groups excluding carboxylic acids is 1. The minimum Gasteiger partial charge on any atom is -0.508 e. The summed E-state index contributed by atoms with van der Waals surface area (Å²) in [6, 6.07) is 21.8. The van der Waals surface area contributed by atoms with Gasteiger partial charge in [0.2, 0.25) is 0 Å². The van der Waals surface area contributed by atoms with Crippen molar-refractivity contribution in [1.29, 1.82) is 0 Å². The number of hydrogen-bond donors (Lipinski definition) is 2. The number of phenols is 1. The van der Waals surface area contributed by atoms with E-state index < -0.39 is 6.17 Å². The Bertz CT molecular complexity index is 969. The van der Waals surface area contributed by atoms with Crippen LogP contribution in [-0.4, -0.2) is 17.6 Å². The highest BCUT2D eigenvalue weighted by Gasteiger charge is 2.34. The fraction of sp³-hybridized carbons (Fsp3) is 0.136. The van der Waals surface area contributed by atoms with Crippen LogP contribution in [0.25, 0.3) is 0 Å². The molecule has 0 bridgehead atoms. The zero-order chi connectivity index (χ0) is 18.8. The number of anilines is 2. The zero-order valence-corrected chi connectivity index (χ0v) is 14.9. The molecule has 2 N–H and O–H groups in total. The summed E-state index contributed by atoms with van der Waals surface area (Å²) in [6.45, 7) is 2.52. The first-order valence-corrected chi connectivity index (χ1v) is 8.88. The van der Waals surface area contributed by atoms with Crippen molar-refractivity contribution in [2.75, 3.05) is 16.8 Å². The fourth-order valence-corrected chi connectivity index (χ4v) is 3.32. The second kappa shape index (κ2) is 7.03. The molecule has 1 aliphatic heterocycles. The van der Waals surface area contributed by atoms with E-state index in [1.54, 1.807) is 23.1 Å². The number of para-hydroxylation sites is 1. The third-order valence-corrected chi connectivity index (χ3v) is 4.54. The van der Waals surface area contributed by atoms with E-state index in [4.69, 9.17) is 4.74 Å². The molecule has 0 fully saturated rings. The Labute approximate surface area is 157 Å². The maximum Gasteiger partial charge on any atom is 0.262 e. The summed E-state index contributed by atoms with van der Waals surface area (Å²) in [5, 5.41) is 13.3. The van der Waals surface area contributed by atoms with Gasteiger partial charge in [0.05, 0.1) is 12.2 Å². The molecule has 0 aromatic heterocycles. The zero-order valence-electron chi connectivity index (χ0n) is 14.9. The molecule has 1 amide bonds. The van der Waals surface area contributed by atoms with Gasteiger partial charge in [0.25, 0.3) is 5.91 Å². The van der Waals surface area contributed by atoms with Crippen LogP contribution in [0.15, 0.2) is 72.8 Å². The molecular weight excluding hydrogens is 340 g/mol. The van der Waals surface area contributed by atoms with Crippen molar-refractivity contribution in [2.24, 2.45) is 0 Å². The van der Waals surface area contributed by atoms with Crippen LogP contribution in [0.1, 0.15) is 29.0 Å². The number of nitrogens with one attached hydrogen (secondary N) is 1. The molecule has 0 radical (unpaired) electrons. The van der Waals surface area contributed by atoms with E-state index in [-0.39, 0.29) is 11.7 Å². The molecule has 0 saturated heterocycles. The quantitative estimate of drug-likeness (QED) is 0.716. The van der Waals surface area contributed by atoms with Crippen molar-refractivity contribution < 1.29 is 14.6 Å². The number of nitrogens with zero attached hydrogens (tertiary/aromatic N) is 1. The third-order valence-electron chi connectivity index (χ3n) is 4.54. The number of benzene rings is 3. The average molecular weight is 360 g/mol. The van der Waals surface area contributed by atoms with Crippen LogP contribution in [0.4, 0.5) is 11.4 Å². The number of carbonyl (C=O) groups is 1. The van der Waals surface area contributed by atoms with Gasteiger partial charge >= 0.3 is 0 Å². The Morgan fingerprint density at radius 1 is 1.04 bits per heavy atom. The summed E-state index contributed by atoms with van der Waals surface area (Å²) in [7, 11) is 0. The van der Waals surface area contributed by atoms with Crippen molar-refractivity contribution in [3.63, 3.8) is 0 Å². The molecule has 5 heteroatoms. The minimum atomic E-state index is -0.433. The highest BCUT2D eigenvalue weighted by molar-refractivity contribution is 6.12. The molecule has 0 aliphatic carbocycles. The number of amides is 1. The first-order chi connectivity index (χ1) is 13.2. The highest BCUT2D eigenvalue weighted by Crippen LogP contribution is 2.37. The van der Waals surface area contributed by atoms with Crippen LogP contribution in [0, 0.1) is 0 Å². The predicted molar refractivity (Wildman–Crippen MR) is 105 cm³/mol. The number of rotatable bonds is 4. The van der Waals surface area contributed by atoms with Crippen LogP contribution in [0.3, 0.4) is 0 Å². The first-order valence-electron chi connectivity index (χ1n) is 8.88. The van der Waals surface area contributed by atoms with Crippen molar-refractivity contribution in [3.8, 4) is 11.5 Å². The van der Waals surface area contributed by atoms with Crippen LogP contribution in [-0.2, 0) is 0 Å². The summed E-state index contributed by atoms with van der Waals surface area (Å²) >= 11 is 0. The van der Waals surface area contributed by atoms with Crippen molar-refractivity contribution >= 4 is 17.3 Å². The van der Waals surface area contributed by atoms with Gasteiger partial charge < -0.3 is 15.2 Å². The van der Waals surface area contributed by atoms with E-state index in [9.17, 15) is 9.90 Å². The summed E-state index contributed by atoms with van der Waals surface area (Å²) in [6.07, 6.45) is -0.433. The molecule has 5 nitrogen and oxygen atoms in total. The Morgan fingerprint density at radius 3 is 2.56 bits per heavy atom. The van der Waals surface area contributed by atoms with E-state index in [1.807, 2.05) is 61.5 Å². The fourth-order valence-electron chi connectivity index (χ4n) is 3.32. The van der Waals surface area contributed by atoms with Gasteiger partial charge in [-0.3, -0.25) is 9.69 Å². The Balaban J connectivity index is 1.80. The number of ether oxygens (including phenoxy) is 1. The molecule has 0 spiro atoms. The molecular formula is C22H20N2O3. The third kappa shape index (κ3) is 3.19. The van der Waals surface area contributed by atoms with Gasteiger partial charge in [-0.05, 0) is 61.0 Å². The normalized spacial score (nSPS) is 15.8. The summed E-state index contributed by atoms with van der Waals surface area (Å²) < 4.78 is 5.51. The van der Waals surface area contributed by atoms with Crippen molar-refractivity contribution in [2.45, 2.75) is 13.1 Å². The van der Waals surface area contributed by atoms with Crippen LogP contribution < -0.4 is 15.0 Å². The van der Waals surface area contributed by atoms with Gasteiger partial charge in [-0.15, -0.1) is 0 Å². The topological polar surface area (TPSA) is 61.8 Å². The van der Waals surface area contributed by atoms with Crippen LogP contribution >= 0.6 is 0 Å². The lowest BCUT2D eigenvalue weighted by Gasteiger charge is -2.38. The van der Waals surface area contributed by atoms with Gasteiger partial charge in [-0.25, -0.2) is 0 Å². The Morgan fingerprint density at radius 2 is 1.81 bits per heavy atom. The van der Waals surface area contributed by atoms with E-state index in [1.165, 1.54) is 0 Å². The smallest absolute Gasteiger partial charge is 0.262 e. The molecule has 0 saturated carbocycles. The van der Waals surface area contributed by atoms with Gasteiger partial charge in [-0.2, -0.15) is 0 Å². The Kier molecular flexibility index (Phi) is 4.42. The van der Waals surface area contributed by atoms with Crippen LogP contribution in [0.5, 0.6) is 11.5 Å². The van der Waals surface area contributed by atoms with Gasteiger partial charge in [0.15, 0.2) is 0 Å². The molecule has 27 heavy (non-hydrogen) atoms. The second-order valence-corrected chi connectivity index (χ2v) is 6.29. The van der Waals surface area contributed by atoms with Gasteiger partial charge in [-0.1, -0.05) is 24.3 Å². The number of fused-ring (bicyclic) bond motifs is 1. The SMILES string of the molecule is CCOc1ccc(N2C(=O)c3ccccc3N[C@H]2c2cccc(O)c2)cc1. The monoisotopic (exact) mass is 360 g/mol. The average Bonchev–Trinajstić information content (AvgIpc) is 2.69. The maximum atomic E-state index is 13.3. The number of aromatic hydroxyl groups is 1. The lowest BCUT2D eigenvalue weighted by Crippen LogP contribution is -2.43. The molecule has 3 aromatic carbocycles. The van der Waals surface area contributed by atoms with Gasteiger partial charge in [0.1, 0.15) is 17.7 Å². The predicted octanol–water partition coefficient (Wildman–Crippen LogP) is 4.56. The standard InChI is InChI=1S/C22H20N2O3/c1-2-27-18-12-10-16(11-13-18)24-21(15-6-5-7-17(25)14-15)23-20-9-4-3-8-19(20)22(24)26/h3-14,21,23,25H,2H2,1H3/t21-/m1/s1. The highest BCUT2D eigenvalue weighted by atomic mass is 16.5.